The third kappa shape index (κ3) is 3.76. The average molecular weight is 283 g/mol. The van der Waals surface area contributed by atoms with Gasteiger partial charge < -0.3 is 10.6 Å². The topological polar surface area (TPSA) is 101 Å². The van der Waals surface area contributed by atoms with E-state index in [4.69, 9.17) is 5.14 Å². The van der Waals surface area contributed by atoms with E-state index in [0.29, 0.717) is 6.54 Å². The number of carbonyl (C=O) groups is 1. The Morgan fingerprint density at radius 1 is 1.42 bits per heavy atom. The minimum absolute atomic E-state index is 0.0380. The Bertz CT molecular complexity index is 571. The van der Waals surface area contributed by atoms with Crippen molar-refractivity contribution in [3.8, 4) is 0 Å². The molecule has 0 radical (unpaired) electrons. The lowest BCUT2D eigenvalue weighted by atomic mass is 9.90. The number of primary sulfonamides is 1. The van der Waals surface area contributed by atoms with E-state index in [9.17, 15) is 13.2 Å². The van der Waals surface area contributed by atoms with Gasteiger partial charge >= 0.3 is 0 Å². The van der Waals surface area contributed by atoms with Crippen LogP contribution in [0.2, 0.25) is 0 Å². The fourth-order valence-electron chi connectivity index (χ4n) is 2.17. The highest BCUT2D eigenvalue weighted by molar-refractivity contribution is 7.89. The van der Waals surface area contributed by atoms with E-state index in [0.717, 1.165) is 17.7 Å². The summed E-state index contributed by atoms with van der Waals surface area (Å²) < 4.78 is 21.6. The normalized spacial score (nSPS) is 18.7. The number of hydrogen-bond donors (Lipinski definition) is 3. The number of nitrogens with one attached hydrogen (secondary N) is 2. The van der Waals surface area contributed by atoms with E-state index in [1.54, 1.807) is 0 Å². The molecule has 6 nitrogen and oxygen atoms in total. The van der Waals surface area contributed by atoms with Crippen LogP contribution in [-0.2, 0) is 21.4 Å². The first-order valence-electron chi connectivity index (χ1n) is 6.04. The van der Waals surface area contributed by atoms with Crippen LogP contribution in [0.5, 0.6) is 0 Å². The zero-order valence-corrected chi connectivity index (χ0v) is 11.2. The molecule has 4 N–H and O–H groups in total. The molecule has 1 amide bonds. The molecular formula is C12H17N3O3S. The SMILES string of the molecule is NS(=O)(=O)CCNC(=O)C1CNCc2ccccc21. The molecule has 1 aliphatic rings. The van der Waals surface area contributed by atoms with Gasteiger partial charge in [-0.3, -0.25) is 4.79 Å². The molecule has 0 bridgehead atoms. The van der Waals surface area contributed by atoms with E-state index in [-0.39, 0.29) is 24.1 Å². The molecule has 2 rings (SSSR count). The van der Waals surface area contributed by atoms with Crippen LogP contribution in [0.15, 0.2) is 24.3 Å². The molecule has 0 fully saturated rings. The summed E-state index contributed by atoms with van der Waals surface area (Å²) >= 11 is 0. The van der Waals surface area contributed by atoms with Crippen LogP contribution in [0.1, 0.15) is 17.0 Å². The van der Waals surface area contributed by atoms with Gasteiger partial charge in [-0.1, -0.05) is 24.3 Å². The minimum Gasteiger partial charge on any atom is -0.354 e. The first kappa shape index (κ1) is 14.0. The summed E-state index contributed by atoms with van der Waals surface area (Å²) in [5.41, 5.74) is 2.09. The molecule has 1 aromatic carbocycles. The van der Waals surface area contributed by atoms with E-state index >= 15 is 0 Å². The first-order chi connectivity index (χ1) is 8.97. The number of amides is 1. The van der Waals surface area contributed by atoms with E-state index < -0.39 is 10.0 Å². The van der Waals surface area contributed by atoms with Crippen LogP contribution >= 0.6 is 0 Å². The second-order valence-electron chi connectivity index (χ2n) is 4.54. The van der Waals surface area contributed by atoms with Gasteiger partial charge in [0.15, 0.2) is 0 Å². The number of benzene rings is 1. The molecule has 0 aliphatic carbocycles. The average Bonchev–Trinajstić information content (AvgIpc) is 2.36. The molecule has 7 heteroatoms. The van der Waals surface area contributed by atoms with Crippen molar-refractivity contribution >= 4 is 15.9 Å². The summed E-state index contributed by atoms with van der Waals surface area (Å²) in [4.78, 5) is 12.1. The van der Waals surface area contributed by atoms with Crippen molar-refractivity contribution < 1.29 is 13.2 Å². The largest absolute Gasteiger partial charge is 0.354 e. The van der Waals surface area contributed by atoms with Crippen molar-refractivity contribution in [2.45, 2.75) is 12.5 Å². The second-order valence-corrected chi connectivity index (χ2v) is 6.27. The number of sulfonamides is 1. The van der Waals surface area contributed by atoms with Gasteiger partial charge in [-0.2, -0.15) is 0 Å². The standard InChI is InChI=1S/C12H17N3O3S/c13-19(17,18)6-5-15-12(16)11-8-14-7-9-3-1-2-4-10(9)11/h1-4,11,14H,5-8H2,(H,15,16)(H2,13,17,18). The van der Waals surface area contributed by atoms with Gasteiger partial charge in [0.1, 0.15) is 0 Å². The second kappa shape index (κ2) is 5.68. The van der Waals surface area contributed by atoms with E-state index in [1.807, 2.05) is 24.3 Å². The molecule has 0 saturated heterocycles. The van der Waals surface area contributed by atoms with E-state index in [1.165, 1.54) is 0 Å². The van der Waals surface area contributed by atoms with E-state index in [2.05, 4.69) is 10.6 Å². The summed E-state index contributed by atoms with van der Waals surface area (Å²) in [7, 11) is -3.54. The molecule has 1 aromatic rings. The van der Waals surface area contributed by atoms with Crippen molar-refractivity contribution in [3.63, 3.8) is 0 Å². The monoisotopic (exact) mass is 283 g/mol. The Morgan fingerprint density at radius 3 is 2.89 bits per heavy atom. The zero-order valence-electron chi connectivity index (χ0n) is 10.4. The van der Waals surface area contributed by atoms with Crippen LogP contribution in [-0.4, -0.2) is 33.2 Å². The van der Waals surface area contributed by atoms with Crippen LogP contribution < -0.4 is 15.8 Å². The predicted octanol–water partition coefficient (Wildman–Crippen LogP) is -0.722. The lowest BCUT2D eigenvalue weighted by molar-refractivity contribution is -0.122. The van der Waals surface area contributed by atoms with Crippen molar-refractivity contribution in [1.82, 2.24) is 10.6 Å². The molecule has 0 spiro atoms. The maximum absolute atomic E-state index is 12.1. The maximum Gasteiger partial charge on any atom is 0.228 e. The van der Waals surface area contributed by atoms with Crippen molar-refractivity contribution in [2.75, 3.05) is 18.8 Å². The van der Waals surface area contributed by atoms with Crippen LogP contribution in [0, 0.1) is 0 Å². The fourth-order valence-corrected chi connectivity index (χ4v) is 2.56. The highest BCUT2D eigenvalue weighted by Crippen LogP contribution is 2.23. The summed E-state index contributed by atoms with van der Waals surface area (Å²) in [5, 5.41) is 10.7. The molecule has 1 atom stereocenters. The summed E-state index contributed by atoms with van der Waals surface area (Å²) in [6, 6.07) is 7.74. The fraction of sp³-hybridized carbons (Fsp3) is 0.417. The highest BCUT2D eigenvalue weighted by Gasteiger charge is 2.25. The zero-order chi connectivity index (χ0) is 13.9. The molecule has 1 aliphatic heterocycles. The Balaban J connectivity index is 2.01. The Kier molecular flexibility index (Phi) is 4.18. The van der Waals surface area contributed by atoms with Gasteiger partial charge in [-0.25, -0.2) is 13.6 Å². The van der Waals surface area contributed by atoms with Gasteiger partial charge in [0.25, 0.3) is 0 Å². The van der Waals surface area contributed by atoms with Gasteiger partial charge in [0, 0.05) is 19.6 Å². The number of fused-ring (bicyclic) bond motifs is 1. The van der Waals surface area contributed by atoms with Crippen molar-refractivity contribution in [3.05, 3.63) is 35.4 Å². The molecule has 0 aromatic heterocycles. The quantitative estimate of drug-likeness (QED) is 0.678. The Labute approximate surface area is 112 Å². The lowest BCUT2D eigenvalue weighted by Gasteiger charge is -2.25. The smallest absolute Gasteiger partial charge is 0.228 e. The Morgan fingerprint density at radius 2 is 2.16 bits per heavy atom. The highest BCUT2D eigenvalue weighted by atomic mass is 32.2. The van der Waals surface area contributed by atoms with Gasteiger partial charge in [0.2, 0.25) is 15.9 Å². The molecular weight excluding hydrogens is 266 g/mol. The first-order valence-corrected chi connectivity index (χ1v) is 7.75. The summed E-state index contributed by atoms with van der Waals surface area (Å²) in [5.74, 6) is -0.714. The van der Waals surface area contributed by atoms with Crippen molar-refractivity contribution in [1.29, 1.82) is 0 Å². The third-order valence-corrected chi connectivity index (χ3v) is 3.87. The number of hydrogen-bond acceptors (Lipinski definition) is 4. The lowest BCUT2D eigenvalue weighted by Crippen LogP contribution is -2.40. The minimum atomic E-state index is -3.54. The van der Waals surface area contributed by atoms with Crippen LogP contribution in [0.4, 0.5) is 0 Å². The molecule has 19 heavy (non-hydrogen) atoms. The number of carbonyl (C=O) groups excluding carboxylic acids is 1. The predicted molar refractivity (Wildman–Crippen MR) is 71.9 cm³/mol. The van der Waals surface area contributed by atoms with Crippen LogP contribution in [0.3, 0.4) is 0 Å². The van der Waals surface area contributed by atoms with Crippen LogP contribution in [0.25, 0.3) is 0 Å². The summed E-state index contributed by atoms with van der Waals surface area (Å²) in [6.07, 6.45) is 0. The third-order valence-electron chi connectivity index (χ3n) is 3.10. The summed E-state index contributed by atoms with van der Waals surface area (Å²) in [6.45, 7) is 1.34. The van der Waals surface area contributed by atoms with Gasteiger partial charge in [-0.05, 0) is 11.1 Å². The molecule has 1 heterocycles. The number of rotatable bonds is 4. The maximum atomic E-state index is 12.1. The molecule has 0 saturated carbocycles. The number of nitrogens with two attached hydrogens (primary N) is 1. The van der Waals surface area contributed by atoms with Gasteiger partial charge in [-0.15, -0.1) is 0 Å². The molecule has 1 unspecified atom stereocenters. The molecule has 104 valence electrons. The Hall–Kier alpha value is -1.44. The van der Waals surface area contributed by atoms with Gasteiger partial charge in [0.05, 0.1) is 11.7 Å². The van der Waals surface area contributed by atoms with Crippen molar-refractivity contribution in [2.24, 2.45) is 5.14 Å².